The highest BCUT2D eigenvalue weighted by Crippen LogP contribution is 2.35. The Morgan fingerprint density at radius 2 is 2.00 bits per heavy atom. The summed E-state index contributed by atoms with van der Waals surface area (Å²) in [7, 11) is 1.72. The molecule has 1 unspecified atom stereocenters. The number of nitrogens with zero attached hydrogens (tertiary/aromatic N) is 2. The second-order valence-corrected chi connectivity index (χ2v) is 5.99. The highest BCUT2D eigenvalue weighted by molar-refractivity contribution is 5.68. The molecule has 5 heteroatoms. The van der Waals surface area contributed by atoms with Crippen LogP contribution in [0.3, 0.4) is 0 Å². The van der Waals surface area contributed by atoms with Crippen molar-refractivity contribution in [2.24, 2.45) is 5.84 Å². The number of hydrazine groups is 1. The van der Waals surface area contributed by atoms with Gasteiger partial charge in [0.1, 0.15) is 0 Å². The number of aliphatic hydroxyl groups excluding tert-OH is 1. The third-order valence-electron chi connectivity index (χ3n) is 4.47. The van der Waals surface area contributed by atoms with Crippen LogP contribution in [-0.4, -0.2) is 17.1 Å². The second kappa shape index (κ2) is 6.98. The zero-order valence-electron chi connectivity index (χ0n) is 14.3. The first-order valence-corrected chi connectivity index (χ1v) is 7.84. The third kappa shape index (κ3) is 3.30. The fraction of sp³-hybridized carbons (Fsp3) is 0.389. The Kier molecular flexibility index (Phi) is 5.23. The Morgan fingerprint density at radius 3 is 2.57 bits per heavy atom. The lowest BCUT2D eigenvalue weighted by Crippen LogP contribution is -2.27. The van der Waals surface area contributed by atoms with Crippen LogP contribution in [0.1, 0.15) is 47.1 Å². The first-order chi connectivity index (χ1) is 10.9. The molecular weight excluding hydrogens is 288 g/mol. The predicted octanol–water partition coefficient (Wildman–Crippen LogP) is 2.62. The predicted molar refractivity (Wildman–Crippen MR) is 95.2 cm³/mol. The summed E-state index contributed by atoms with van der Waals surface area (Å²) in [6.07, 6.45) is 2.78. The Hall–Kier alpha value is -2.11. The van der Waals surface area contributed by atoms with Crippen LogP contribution in [0.25, 0.3) is 0 Å². The first kappa shape index (κ1) is 17.2. The molecule has 1 heterocycles. The van der Waals surface area contributed by atoms with Gasteiger partial charge < -0.3 is 10.8 Å². The first-order valence-electron chi connectivity index (χ1n) is 7.84. The molecule has 23 heavy (non-hydrogen) atoms. The average molecular weight is 314 g/mol. The third-order valence-corrected chi connectivity index (χ3v) is 4.47. The molecule has 0 aliphatic rings. The van der Waals surface area contributed by atoms with Crippen molar-refractivity contribution < 1.29 is 5.11 Å². The standard InChI is InChI=1S/C18H26N4O/c1-5-15(13-7-6-11(2)14(8-13)10-23)16-9-21-18(22(4)20)17(19)12(16)3/h6-9,15,23H,5,10,19-20H2,1-4H3. The number of pyridine rings is 1. The molecule has 0 bridgehead atoms. The highest BCUT2D eigenvalue weighted by atomic mass is 16.3. The normalized spacial score (nSPS) is 12.3. The molecule has 1 aromatic carbocycles. The summed E-state index contributed by atoms with van der Waals surface area (Å²) >= 11 is 0. The number of anilines is 2. The van der Waals surface area contributed by atoms with Crippen molar-refractivity contribution in [3.8, 4) is 0 Å². The van der Waals surface area contributed by atoms with E-state index < -0.39 is 0 Å². The van der Waals surface area contributed by atoms with Crippen LogP contribution in [0, 0.1) is 13.8 Å². The van der Waals surface area contributed by atoms with Gasteiger partial charge in [-0.2, -0.15) is 0 Å². The van der Waals surface area contributed by atoms with Gasteiger partial charge in [-0.15, -0.1) is 0 Å². The fourth-order valence-corrected chi connectivity index (χ4v) is 2.97. The van der Waals surface area contributed by atoms with Gasteiger partial charge in [0.25, 0.3) is 0 Å². The van der Waals surface area contributed by atoms with E-state index in [0.29, 0.717) is 11.5 Å². The number of aliphatic hydroxyl groups is 1. The number of nitrogens with two attached hydrogens (primary N) is 2. The molecule has 1 aromatic heterocycles. The molecule has 0 fully saturated rings. The smallest absolute Gasteiger partial charge is 0.165 e. The lowest BCUT2D eigenvalue weighted by Gasteiger charge is -2.23. The molecule has 0 amide bonds. The van der Waals surface area contributed by atoms with Crippen molar-refractivity contribution in [1.82, 2.24) is 4.98 Å². The van der Waals surface area contributed by atoms with Gasteiger partial charge in [0.15, 0.2) is 5.82 Å². The topological polar surface area (TPSA) is 88.4 Å². The number of benzene rings is 1. The molecule has 1 atom stereocenters. The molecule has 0 aliphatic heterocycles. The summed E-state index contributed by atoms with van der Waals surface area (Å²) in [4.78, 5) is 4.42. The monoisotopic (exact) mass is 314 g/mol. The molecule has 0 saturated carbocycles. The van der Waals surface area contributed by atoms with Crippen LogP contribution in [-0.2, 0) is 6.61 Å². The van der Waals surface area contributed by atoms with E-state index in [4.69, 9.17) is 11.6 Å². The zero-order valence-corrected chi connectivity index (χ0v) is 14.3. The Balaban J connectivity index is 2.52. The minimum Gasteiger partial charge on any atom is -0.395 e. The second-order valence-electron chi connectivity index (χ2n) is 5.99. The number of aromatic nitrogens is 1. The van der Waals surface area contributed by atoms with E-state index in [2.05, 4.69) is 30.1 Å². The summed E-state index contributed by atoms with van der Waals surface area (Å²) in [6, 6.07) is 6.24. The van der Waals surface area contributed by atoms with Crippen molar-refractivity contribution in [2.75, 3.05) is 17.8 Å². The van der Waals surface area contributed by atoms with E-state index in [0.717, 1.165) is 28.7 Å². The summed E-state index contributed by atoms with van der Waals surface area (Å²) in [6.45, 7) is 6.20. The minimum atomic E-state index is 0.0480. The van der Waals surface area contributed by atoms with Crippen LogP contribution in [0.5, 0.6) is 0 Å². The SMILES string of the molecule is CCC(c1ccc(C)c(CO)c1)c1cnc(N(C)N)c(N)c1C. The van der Waals surface area contributed by atoms with Gasteiger partial charge in [0.2, 0.25) is 0 Å². The van der Waals surface area contributed by atoms with Crippen molar-refractivity contribution in [3.05, 3.63) is 52.2 Å². The van der Waals surface area contributed by atoms with E-state index >= 15 is 0 Å². The number of hydrogen-bond donors (Lipinski definition) is 3. The van der Waals surface area contributed by atoms with Gasteiger partial charge in [-0.1, -0.05) is 25.1 Å². The van der Waals surface area contributed by atoms with Gasteiger partial charge in [-0.25, -0.2) is 10.8 Å². The molecule has 0 spiro atoms. The molecule has 2 aromatic rings. The Morgan fingerprint density at radius 1 is 1.30 bits per heavy atom. The lowest BCUT2D eigenvalue weighted by atomic mass is 9.86. The summed E-state index contributed by atoms with van der Waals surface area (Å²) in [5, 5.41) is 10.9. The van der Waals surface area contributed by atoms with E-state index in [1.165, 1.54) is 10.6 Å². The van der Waals surface area contributed by atoms with Crippen LogP contribution < -0.4 is 16.6 Å². The maximum atomic E-state index is 9.51. The molecule has 0 aliphatic carbocycles. The van der Waals surface area contributed by atoms with Crippen LogP contribution >= 0.6 is 0 Å². The molecular formula is C18H26N4O. The number of aryl methyl sites for hydroxylation is 1. The van der Waals surface area contributed by atoms with E-state index in [-0.39, 0.29) is 12.5 Å². The molecule has 0 radical (unpaired) electrons. The van der Waals surface area contributed by atoms with E-state index in [9.17, 15) is 5.11 Å². The maximum Gasteiger partial charge on any atom is 0.165 e. The molecule has 5 N–H and O–H groups in total. The molecule has 2 rings (SSSR count). The largest absolute Gasteiger partial charge is 0.395 e. The number of hydrogen-bond acceptors (Lipinski definition) is 5. The van der Waals surface area contributed by atoms with Gasteiger partial charge >= 0.3 is 0 Å². The summed E-state index contributed by atoms with van der Waals surface area (Å²) in [5.74, 6) is 6.54. The van der Waals surface area contributed by atoms with Crippen molar-refractivity contribution in [2.45, 2.75) is 39.7 Å². The van der Waals surface area contributed by atoms with Gasteiger partial charge in [0, 0.05) is 19.2 Å². The molecule has 0 saturated heterocycles. The van der Waals surface area contributed by atoms with Gasteiger partial charge in [-0.3, -0.25) is 5.01 Å². The minimum absolute atomic E-state index is 0.0480. The van der Waals surface area contributed by atoms with E-state index in [1.807, 2.05) is 20.0 Å². The number of rotatable bonds is 5. The quantitative estimate of drug-likeness (QED) is 0.583. The van der Waals surface area contributed by atoms with Gasteiger partial charge in [0.05, 0.1) is 12.3 Å². The Labute approximate surface area is 137 Å². The summed E-state index contributed by atoms with van der Waals surface area (Å²) < 4.78 is 0. The number of nitrogen functional groups attached to an aromatic ring is 1. The van der Waals surface area contributed by atoms with Crippen LogP contribution in [0.2, 0.25) is 0 Å². The lowest BCUT2D eigenvalue weighted by molar-refractivity contribution is 0.281. The highest BCUT2D eigenvalue weighted by Gasteiger charge is 2.19. The fourth-order valence-electron chi connectivity index (χ4n) is 2.97. The Bertz CT molecular complexity index is 698. The van der Waals surface area contributed by atoms with Crippen molar-refractivity contribution in [3.63, 3.8) is 0 Å². The van der Waals surface area contributed by atoms with Crippen LogP contribution in [0.4, 0.5) is 11.5 Å². The van der Waals surface area contributed by atoms with Crippen molar-refractivity contribution >= 4 is 11.5 Å². The van der Waals surface area contributed by atoms with Gasteiger partial charge in [-0.05, 0) is 48.1 Å². The molecule has 124 valence electrons. The van der Waals surface area contributed by atoms with E-state index in [1.54, 1.807) is 7.05 Å². The zero-order chi connectivity index (χ0) is 17.1. The summed E-state index contributed by atoms with van der Waals surface area (Å²) in [5.41, 5.74) is 12.1. The maximum absolute atomic E-state index is 9.51. The van der Waals surface area contributed by atoms with Crippen LogP contribution in [0.15, 0.2) is 24.4 Å². The average Bonchev–Trinajstić information content (AvgIpc) is 2.53. The van der Waals surface area contributed by atoms with Crippen molar-refractivity contribution in [1.29, 1.82) is 0 Å². The molecule has 5 nitrogen and oxygen atoms in total.